The molecular formula is C8H8ClIO. The van der Waals surface area contributed by atoms with E-state index in [9.17, 15) is 0 Å². The van der Waals surface area contributed by atoms with Gasteiger partial charge in [-0.2, -0.15) is 0 Å². The Labute approximate surface area is 84.8 Å². The van der Waals surface area contributed by atoms with Crippen LogP contribution in [0.2, 0.25) is 5.02 Å². The van der Waals surface area contributed by atoms with E-state index in [4.69, 9.17) is 16.3 Å². The van der Waals surface area contributed by atoms with Gasteiger partial charge in [-0.1, -0.05) is 11.6 Å². The molecule has 11 heavy (non-hydrogen) atoms. The summed E-state index contributed by atoms with van der Waals surface area (Å²) in [5.41, 5.74) is 1.14. The second-order valence-corrected chi connectivity index (χ2v) is 3.77. The van der Waals surface area contributed by atoms with E-state index in [1.165, 1.54) is 3.57 Å². The molecule has 0 spiro atoms. The van der Waals surface area contributed by atoms with Gasteiger partial charge < -0.3 is 4.74 Å². The molecule has 0 saturated heterocycles. The van der Waals surface area contributed by atoms with Crippen molar-refractivity contribution in [3.8, 4) is 0 Å². The first kappa shape index (κ1) is 9.29. The van der Waals surface area contributed by atoms with Crippen molar-refractivity contribution >= 4 is 34.2 Å². The molecule has 0 unspecified atom stereocenters. The average Bonchev–Trinajstić information content (AvgIpc) is 1.98. The summed E-state index contributed by atoms with van der Waals surface area (Å²) in [4.78, 5) is 0. The van der Waals surface area contributed by atoms with Crippen LogP contribution in [-0.4, -0.2) is 7.11 Å². The molecule has 1 aromatic rings. The van der Waals surface area contributed by atoms with Crippen LogP contribution in [0.1, 0.15) is 5.56 Å². The van der Waals surface area contributed by atoms with E-state index in [1.807, 2.05) is 18.2 Å². The highest BCUT2D eigenvalue weighted by Gasteiger charge is 1.98. The second-order valence-electron chi connectivity index (χ2n) is 2.17. The van der Waals surface area contributed by atoms with Crippen LogP contribution in [0.4, 0.5) is 0 Å². The SMILES string of the molecule is COCc1cc(Cl)ccc1I. The molecule has 0 bridgehead atoms. The lowest BCUT2D eigenvalue weighted by Gasteiger charge is -2.02. The molecule has 0 aliphatic rings. The van der Waals surface area contributed by atoms with E-state index in [-0.39, 0.29) is 0 Å². The van der Waals surface area contributed by atoms with E-state index in [2.05, 4.69) is 22.6 Å². The Hall–Kier alpha value is 0.200. The van der Waals surface area contributed by atoms with Gasteiger partial charge in [0.15, 0.2) is 0 Å². The zero-order valence-electron chi connectivity index (χ0n) is 6.10. The van der Waals surface area contributed by atoms with Gasteiger partial charge in [-0.25, -0.2) is 0 Å². The largest absolute Gasteiger partial charge is 0.380 e. The van der Waals surface area contributed by atoms with Gasteiger partial charge in [0.2, 0.25) is 0 Å². The van der Waals surface area contributed by atoms with Crippen LogP contribution in [0.15, 0.2) is 18.2 Å². The third-order valence-electron chi connectivity index (χ3n) is 1.31. The van der Waals surface area contributed by atoms with E-state index < -0.39 is 0 Å². The van der Waals surface area contributed by atoms with Crippen molar-refractivity contribution in [2.45, 2.75) is 6.61 Å². The van der Waals surface area contributed by atoms with E-state index >= 15 is 0 Å². The molecule has 0 N–H and O–H groups in total. The minimum atomic E-state index is 0.624. The highest BCUT2D eigenvalue weighted by atomic mass is 127. The van der Waals surface area contributed by atoms with Gasteiger partial charge in [0.1, 0.15) is 0 Å². The standard InChI is InChI=1S/C8H8ClIO/c1-11-5-6-4-7(9)2-3-8(6)10/h2-4H,5H2,1H3. The van der Waals surface area contributed by atoms with Gasteiger partial charge in [0.25, 0.3) is 0 Å². The molecule has 1 aromatic carbocycles. The van der Waals surface area contributed by atoms with Gasteiger partial charge >= 0.3 is 0 Å². The molecule has 0 amide bonds. The molecule has 0 atom stereocenters. The van der Waals surface area contributed by atoms with E-state index in [0.717, 1.165) is 10.6 Å². The van der Waals surface area contributed by atoms with Gasteiger partial charge in [0, 0.05) is 15.7 Å². The predicted octanol–water partition coefficient (Wildman–Crippen LogP) is 3.09. The highest BCUT2D eigenvalue weighted by molar-refractivity contribution is 14.1. The molecule has 0 fully saturated rings. The Morgan fingerprint density at radius 1 is 1.55 bits per heavy atom. The molecule has 1 rings (SSSR count). The molecule has 0 radical (unpaired) electrons. The van der Waals surface area contributed by atoms with Crippen LogP contribution in [0, 0.1) is 3.57 Å². The maximum atomic E-state index is 5.79. The summed E-state index contributed by atoms with van der Waals surface area (Å²) in [6.45, 7) is 0.624. The van der Waals surface area contributed by atoms with Crippen molar-refractivity contribution in [3.05, 3.63) is 32.4 Å². The number of methoxy groups -OCH3 is 1. The van der Waals surface area contributed by atoms with Crippen molar-refractivity contribution in [2.24, 2.45) is 0 Å². The quantitative estimate of drug-likeness (QED) is 0.758. The fourth-order valence-electron chi connectivity index (χ4n) is 0.809. The number of ether oxygens (including phenoxy) is 1. The van der Waals surface area contributed by atoms with Crippen molar-refractivity contribution in [3.63, 3.8) is 0 Å². The normalized spacial score (nSPS) is 10.1. The van der Waals surface area contributed by atoms with E-state index in [1.54, 1.807) is 7.11 Å². The Kier molecular flexibility index (Phi) is 3.62. The third-order valence-corrected chi connectivity index (χ3v) is 2.60. The molecule has 0 aromatic heterocycles. The summed E-state index contributed by atoms with van der Waals surface area (Å²) in [5.74, 6) is 0. The Bertz CT molecular complexity index is 250. The van der Waals surface area contributed by atoms with Crippen LogP contribution in [0.3, 0.4) is 0 Å². The third kappa shape index (κ3) is 2.61. The lowest BCUT2D eigenvalue weighted by atomic mass is 10.2. The fraction of sp³-hybridized carbons (Fsp3) is 0.250. The molecule has 0 aliphatic carbocycles. The zero-order chi connectivity index (χ0) is 8.27. The zero-order valence-corrected chi connectivity index (χ0v) is 9.02. The lowest BCUT2D eigenvalue weighted by Crippen LogP contribution is -1.90. The van der Waals surface area contributed by atoms with Crippen molar-refractivity contribution < 1.29 is 4.74 Å². The molecule has 0 heterocycles. The number of rotatable bonds is 2. The summed E-state index contributed by atoms with van der Waals surface area (Å²) >= 11 is 8.06. The summed E-state index contributed by atoms with van der Waals surface area (Å²) in [7, 11) is 1.68. The minimum absolute atomic E-state index is 0.624. The van der Waals surface area contributed by atoms with Crippen LogP contribution in [0.5, 0.6) is 0 Å². The summed E-state index contributed by atoms with van der Waals surface area (Å²) in [6.07, 6.45) is 0. The fourth-order valence-corrected chi connectivity index (χ4v) is 1.50. The lowest BCUT2D eigenvalue weighted by molar-refractivity contribution is 0.184. The number of hydrogen-bond acceptors (Lipinski definition) is 1. The van der Waals surface area contributed by atoms with Gasteiger partial charge in [-0.15, -0.1) is 0 Å². The number of hydrogen-bond donors (Lipinski definition) is 0. The van der Waals surface area contributed by atoms with Crippen LogP contribution in [0.25, 0.3) is 0 Å². The average molecular weight is 283 g/mol. The van der Waals surface area contributed by atoms with Gasteiger partial charge in [-0.3, -0.25) is 0 Å². The van der Waals surface area contributed by atoms with Crippen LogP contribution in [-0.2, 0) is 11.3 Å². The summed E-state index contributed by atoms with van der Waals surface area (Å²) in [5, 5.41) is 0.762. The first-order valence-electron chi connectivity index (χ1n) is 3.17. The maximum absolute atomic E-state index is 5.79. The maximum Gasteiger partial charge on any atom is 0.0723 e. The Balaban J connectivity index is 2.93. The van der Waals surface area contributed by atoms with Crippen molar-refractivity contribution in [1.82, 2.24) is 0 Å². The molecule has 0 aliphatic heterocycles. The Morgan fingerprint density at radius 2 is 2.27 bits per heavy atom. The van der Waals surface area contributed by atoms with Gasteiger partial charge in [0.05, 0.1) is 6.61 Å². The molecule has 1 nitrogen and oxygen atoms in total. The van der Waals surface area contributed by atoms with E-state index in [0.29, 0.717) is 6.61 Å². The molecule has 3 heteroatoms. The first-order chi connectivity index (χ1) is 5.24. The smallest absolute Gasteiger partial charge is 0.0723 e. The highest BCUT2D eigenvalue weighted by Crippen LogP contribution is 2.18. The molecule has 60 valence electrons. The Morgan fingerprint density at radius 3 is 2.91 bits per heavy atom. The van der Waals surface area contributed by atoms with Crippen LogP contribution >= 0.6 is 34.2 Å². The first-order valence-corrected chi connectivity index (χ1v) is 4.62. The molecular weight excluding hydrogens is 274 g/mol. The number of benzene rings is 1. The topological polar surface area (TPSA) is 9.23 Å². The minimum Gasteiger partial charge on any atom is -0.380 e. The molecule has 0 saturated carbocycles. The van der Waals surface area contributed by atoms with Crippen LogP contribution < -0.4 is 0 Å². The van der Waals surface area contributed by atoms with Gasteiger partial charge in [-0.05, 0) is 46.4 Å². The summed E-state index contributed by atoms with van der Waals surface area (Å²) in [6, 6.07) is 5.78. The van der Waals surface area contributed by atoms with Crippen molar-refractivity contribution in [1.29, 1.82) is 0 Å². The van der Waals surface area contributed by atoms with Crippen molar-refractivity contribution in [2.75, 3.05) is 7.11 Å². The second kappa shape index (κ2) is 4.28. The summed E-state index contributed by atoms with van der Waals surface area (Å²) < 4.78 is 6.19. The predicted molar refractivity (Wildman–Crippen MR) is 54.9 cm³/mol. The number of halogens is 2. The monoisotopic (exact) mass is 282 g/mol.